The van der Waals surface area contributed by atoms with Crippen LogP contribution in [0.15, 0.2) is 60.7 Å². The number of rotatable bonds is 17. The molecule has 256 valence electrons. The van der Waals surface area contributed by atoms with Crippen molar-refractivity contribution < 1.29 is 14.2 Å². The summed E-state index contributed by atoms with van der Waals surface area (Å²) in [6.07, 6.45) is 6.99. The van der Waals surface area contributed by atoms with Crippen LogP contribution in [0, 0.1) is 0 Å². The first-order valence-corrected chi connectivity index (χ1v) is 18.0. The summed E-state index contributed by atoms with van der Waals surface area (Å²) in [6.45, 7) is 17.1. The zero-order chi connectivity index (χ0) is 33.4. The largest absolute Gasteiger partial charge is 0.493 e. The van der Waals surface area contributed by atoms with Crippen molar-refractivity contribution >= 4 is 22.6 Å². The van der Waals surface area contributed by atoms with Gasteiger partial charge in [0.1, 0.15) is 29.4 Å². The third kappa shape index (κ3) is 11.2. The van der Waals surface area contributed by atoms with Gasteiger partial charge in [0, 0.05) is 49.3 Å². The molecule has 0 atom stereocenters. The van der Waals surface area contributed by atoms with Gasteiger partial charge in [-0.3, -0.25) is 4.90 Å². The van der Waals surface area contributed by atoms with Crippen LogP contribution in [0.25, 0.3) is 22.4 Å². The van der Waals surface area contributed by atoms with E-state index in [1.807, 2.05) is 42.5 Å². The van der Waals surface area contributed by atoms with Gasteiger partial charge < -0.3 is 23.7 Å². The van der Waals surface area contributed by atoms with Gasteiger partial charge in [-0.2, -0.15) is 0 Å². The van der Waals surface area contributed by atoms with E-state index in [0.717, 1.165) is 83.7 Å². The van der Waals surface area contributed by atoms with Crippen molar-refractivity contribution in [3.63, 3.8) is 0 Å². The Morgan fingerprint density at radius 2 is 1.47 bits per heavy atom. The van der Waals surface area contributed by atoms with Crippen LogP contribution < -0.4 is 14.2 Å². The summed E-state index contributed by atoms with van der Waals surface area (Å²) >= 11 is 6.00. The number of ether oxygens (including phenoxy) is 3. The minimum Gasteiger partial charge on any atom is -0.493 e. The van der Waals surface area contributed by atoms with Gasteiger partial charge in [0.2, 0.25) is 0 Å². The van der Waals surface area contributed by atoms with Crippen molar-refractivity contribution in [2.75, 3.05) is 59.1 Å². The van der Waals surface area contributed by atoms with Crippen LogP contribution in [0.4, 0.5) is 0 Å². The van der Waals surface area contributed by atoms with Crippen LogP contribution in [0.3, 0.4) is 0 Å². The van der Waals surface area contributed by atoms with Crippen LogP contribution in [0.1, 0.15) is 65.4 Å². The molecule has 0 N–H and O–H groups in total. The maximum Gasteiger partial charge on any atom is 0.150 e. The molecule has 0 radical (unpaired) electrons. The minimum absolute atomic E-state index is 0.600. The lowest BCUT2D eigenvalue weighted by Gasteiger charge is -2.18. The monoisotopic (exact) mass is 662 g/mol. The number of aromatic nitrogens is 2. The molecule has 1 fully saturated rings. The first-order valence-electron chi connectivity index (χ1n) is 17.6. The Labute approximate surface area is 287 Å². The molecule has 0 aliphatic carbocycles. The second-order valence-electron chi connectivity index (χ2n) is 12.2. The summed E-state index contributed by atoms with van der Waals surface area (Å²) in [5.41, 5.74) is 4.07. The maximum absolute atomic E-state index is 6.37. The molecule has 1 saturated heterocycles. The summed E-state index contributed by atoms with van der Waals surface area (Å²) in [7, 11) is 2.05. The quantitative estimate of drug-likeness (QED) is 0.105. The fourth-order valence-electron chi connectivity index (χ4n) is 5.63. The molecule has 2 heterocycles. The average Bonchev–Trinajstić information content (AvgIpc) is 3.74. The molecule has 1 aliphatic heterocycles. The van der Waals surface area contributed by atoms with Crippen molar-refractivity contribution in [1.82, 2.24) is 19.4 Å². The number of benzene rings is 3. The Bertz CT molecular complexity index is 1460. The van der Waals surface area contributed by atoms with Crippen molar-refractivity contribution in [1.29, 1.82) is 0 Å². The number of fused-ring (bicyclic) bond motifs is 1. The number of imidazole rings is 1. The van der Waals surface area contributed by atoms with E-state index < -0.39 is 0 Å². The summed E-state index contributed by atoms with van der Waals surface area (Å²) in [4.78, 5) is 9.95. The number of likely N-dealkylation sites (tertiary alicyclic amines) is 1. The topological polar surface area (TPSA) is 52.0 Å². The predicted octanol–water partition coefficient (Wildman–Crippen LogP) is 8.91. The normalized spacial score (nSPS) is 13.2. The van der Waals surface area contributed by atoms with E-state index in [0.29, 0.717) is 19.8 Å². The Hall–Kier alpha value is -3.26. The molecule has 8 heteroatoms. The molecule has 0 bridgehead atoms. The van der Waals surface area contributed by atoms with Gasteiger partial charge in [0.15, 0.2) is 5.75 Å². The van der Waals surface area contributed by atoms with Crippen LogP contribution in [0.5, 0.6) is 17.2 Å². The highest BCUT2D eigenvalue weighted by Crippen LogP contribution is 2.34. The molecule has 4 aromatic rings. The molecular weight excluding hydrogens is 608 g/mol. The van der Waals surface area contributed by atoms with Gasteiger partial charge in [-0.15, -0.1) is 0 Å². The molecule has 3 aromatic carbocycles. The summed E-state index contributed by atoms with van der Waals surface area (Å²) < 4.78 is 20.8. The molecular formula is C39H55ClN4O3. The van der Waals surface area contributed by atoms with Crippen molar-refractivity contribution in [3.8, 4) is 28.6 Å². The first kappa shape index (κ1) is 36.6. The van der Waals surface area contributed by atoms with Gasteiger partial charge in [-0.25, -0.2) is 4.98 Å². The SMILES string of the molecule is CCCC.CCN(CC)CCCOc1cc(OCCN2CCCC2)cc2c1nc(-c1ccc(OCCc3ccc(Cl)cc3)cc1)n2C. The summed E-state index contributed by atoms with van der Waals surface area (Å²) in [6, 6.07) is 20.1. The summed E-state index contributed by atoms with van der Waals surface area (Å²) in [5.74, 6) is 3.31. The van der Waals surface area contributed by atoms with E-state index >= 15 is 0 Å². The lowest BCUT2D eigenvalue weighted by atomic mass is 10.2. The lowest BCUT2D eigenvalue weighted by molar-refractivity contribution is 0.234. The fourth-order valence-corrected chi connectivity index (χ4v) is 5.76. The molecule has 5 rings (SSSR count). The van der Waals surface area contributed by atoms with Gasteiger partial charge in [-0.1, -0.05) is 64.3 Å². The fraction of sp³-hybridized carbons (Fsp3) is 0.513. The maximum atomic E-state index is 6.37. The molecule has 0 spiro atoms. The number of aryl methyl sites for hydroxylation is 1. The van der Waals surface area contributed by atoms with Crippen LogP contribution >= 0.6 is 11.6 Å². The molecule has 1 aliphatic rings. The highest BCUT2D eigenvalue weighted by Gasteiger charge is 2.17. The zero-order valence-electron chi connectivity index (χ0n) is 29.3. The van der Waals surface area contributed by atoms with Crippen LogP contribution in [0.2, 0.25) is 5.02 Å². The predicted molar refractivity (Wildman–Crippen MR) is 196 cm³/mol. The van der Waals surface area contributed by atoms with E-state index in [1.165, 1.54) is 44.3 Å². The van der Waals surface area contributed by atoms with E-state index in [9.17, 15) is 0 Å². The van der Waals surface area contributed by atoms with E-state index in [2.05, 4.69) is 67.3 Å². The third-order valence-corrected chi connectivity index (χ3v) is 9.01. The van der Waals surface area contributed by atoms with Gasteiger partial charge >= 0.3 is 0 Å². The summed E-state index contributed by atoms with van der Waals surface area (Å²) in [5, 5.41) is 0.748. The Morgan fingerprint density at radius 3 is 2.13 bits per heavy atom. The number of unbranched alkanes of at least 4 members (excludes halogenated alkanes) is 1. The molecule has 1 aromatic heterocycles. The second kappa shape index (κ2) is 19.5. The number of nitrogens with zero attached hydrogens (tertiary/aromatic N) is 4. The molecule has 0 amide bonds. The Kier molecular flexibility index (Phi) is 15.2. The third-order valence-electron chi connectivity index (χ3n) is 8.76. The smallest absolute Gasteiger partial charge is 0.150 e. The highest BCUT2D eigenvalue weighted by molar-refractivity contribution is 6.30. The first-order chi connectivity index (χ1) is 22.9. The van der Waals surface area contributed by atoms with Crippen LogP contribution in [-0.4, -0.2) is 78.4 Å². The van der Waals surface area contributed by atoms with Gasteiger partial charge in [-0.05, 0) is 87.4 Å². The van der Waals surface area contributed by atoms with Crippen molar-refractivity contribution in [2.24, 2.45) is 7.05 Å². The van der Waals surface area contributed by atoms with Crippen LogP contribution in [-0.2, 0) is 13.5 Å². The lowest BCUT2D eigenvalue weighted by Crippen LogP contribution is -2.25. The van der Waals surface area contributed by atoms with E-state index in [4.69, 9.17) is 30.8 Å². The minimum atomic E-state index is 0.600. The molecule has 0 unspecified atom stereocenters. The molecule has 47 heavy (non-hydrogen) atoms. The van der Waals surface area contributed by atoms with E-state index in [1.54, 1.807) is 0 Å². The highest BCUT2D eigenvalue weighted by atomic mass is 35.5. The molecule has 7 nitrogen and oxygen atoms in total. The van der Waals surface area contributed by atoms with E-state index in [-0.39, 0.29) is 0 Å². The number of hydrogen-bond acceptors (Lipinski definition) is 6. The van der Waals surface area contributed by atoms with Crippen molar-refractivity contribution in [2.45, 2.75) is 66.2 Å². The number of halogens is 1. The average molecular weight is 663 g/mol. The zero-order valence-corrected chi connectivity index (χ0v) is 30.0. The second-order valence-corrected chi connectivity index (χ2v) is 12.6. The van der Waals surface area contributed by atoms with Gasteiger partial charge in [0.05, 0.1) is 18.7 Å². The number of hydrogen-bond donors (Lipinski definition) is 0. The Morgan fingerprint density at radius 1 is 0.787 bits per heavy atom. The van der Waals surface area contributed by atoms with Gasteiger partial charge in [0.25, 0.3) is 0 Å². The Balaban J connectivity index is 0.00000118. The molecule has 0 saturated carbocycles. The van der Waals surface area contributed by atoms with Crippen molar-refractivity contribution in [3.05, 3.63) is 71.2 Å². The standard InChI is InChI=1S/C35H45ClN4O3.C4H10/c1-4-39(5-2)20-8-22-43-33-26-31(42-24-21-40-18-6-7-19-40)25-32-34(33)37-35(38(32)3)28-11-15-30(16-12-28)41-23-17-27-9-13-29(36)14-10-27;1-3-4-2/h9-16,25-26H,4-8,17-24H2,1-3H3;3-4H2,1-2H3.